The highest BCUT2D eigenvalue weighted by Gasteiger charge is 2.34. The van der Waals surface area contributed by atoms with Gasteiger partial charge in [0.1, 0.15) is 11.2 Å². The summed E-state index contributed by atoms with van der Waals surface area (Å²) < 4.78 is 0. The molecule has 35 heavy (non-hydrogen) atoms. The molecular formula is C29H50O6. The maximum Gasteiger partial charge on any atom is 0.346 e. The highest BCUT2D eigenvalue weighted by atomic mass is 17.2. The van der Waals surface area contributed by atoms with Crippen molar-refractivity contribution in [3.8, 4) is 0 Å². The number of rotatable bonds is 15. The number of carbonyl (C=O) groups is 2. The van der Waals surface area contributed by atoms with Crippen molar-refractivity contribution in [1.82, 2.24) is 0 Å². The van der Waals surface area contributed by atoms with Crippen LogP contribution in [0, 0.1) is 17.8 Å². The van der Waals surface area contributed by atoms with E-state index >= 15 is 0 Å². The molecule has 0 bridgehead atoms. The molecule has 0 fully saturated rings. The van der Waals surface area contributed by atoms with Crippen molar-refractivity contribution < 1.29 is 29.1 Å². The van der Waals surface area contributed by atoms with Gasteiger partial charge >= 0.3 is 11.9 Å². The molecule has 0 amide bonds. The maximum atomic E-state index is 12.8. The van der Waals surface area contributed by atoms with E-state index in [2.05, 4.69) is 31.2 Å². The lowest BCUT2D eigenvalue weighted by molar-refractivity contribution is -0.324. The monoisotopic (exact) mass is 494 g/mol. The SMILES string of the molecule is CCC=CCCC1C=CC(CCCCCCCC(=O)OOC(C)(C)C)CC1C(=O)OOC(C)(C)C. The molecule has 0 aliphatic heterocycles. The summed E-state index contributed by atoms with van der Waals surface area (Å²) in [4.78, 5) is 45.0. The second kappa shape index (κ2) is 16.2. The molecule has 0 N–H and O–H groups in total. The van der Waals surface area contributed by atoms with Gasteiger partial charge in [-0.05, 0) is 91.9 Å². The molecule has 0 spiro atoms. The van der Waals surface area contributed by atoms with Gasteiger partial charge in [0.2, 0.25) is 0 Å². The largest absolute Gasteiger partial charge is 0.346 e. The Bertz CT molecular complexity index is 668. The molecule has 0 aromatic heterocycles. The highest BCUT2D eigenvalue weighted by Crippen LogP contribution is 2.35. The summed E-state index contributed by atoms with van der Waals surface area (Å²) in [7, 11) is 0. The fourth-order valence-electron chi connectivity index (χ4n) is 4.02. The molecule has 0 saturated carbocycles. The lowest BCUT2D eigenvalue weighted by Crippen LogP contribution is -2.32. The Labute approximate surface area is 213 Å². The summed E-state index contributed by atoms with van der Waals surface area (Å²) in [6.07, 6.45) is 19.2. The summed E-state index contributed by atoms with van der Waals surface area (Å²) in [6.45, 7) is 13.3. The lowest BCUT2D eigenvalue weighted by atomic mass is 9.75. The van der Waals surface area contributed by atoms with Crippen LogP contribution >= 0.6 is 0 Å². The zero-order chi connectivity index (χ0) is 26.3. The average molecular weight is 495 g/mol. The second-order valence-corrected chi connectivity index (χ2v) is 11.7. The van der Waals surface area contributed by atoms with Crippen LogP contribution < -0.4 is 0 Å². The van der Waals surface area contributed by atoms with Crippen LogP contribution in [0.15, 0.2) is 24.3 Å². The maximum absolute atomic E-state index is 12.8. The van der Waals surface area contributed by atoms with Gasteiger partial charge in [0.05, 0.1) is 5.92 Å². The number of hydrogen-bond donors (Lipinski definition) is 0. The van der Waals surface area contributed by atoms with Gasteiger partial charge in [0.25, 0.3) is 0 Å². The second-order valence-electron chi connectivity index (χ2n) is 11.7. The zero-order valence-corrected chi connectivity index (χ0v) is 23.3. The standard InChI is InChI=1S/C29H50O6/c1-8-9-10-15-18-24-21-20-23(22-25(24)27(31)33-35-29(5,6)7)17-14-12-11-13-16-19-26(30)32-34-28(2,3)4/h9-10,20-21,23-25H,8,11-19,22H2,1-7H3. The van der Waals surface area contributed by atoms with E-state index in [1.54, 1.807) is 0 Å². The number of unbranched alkanes of at least 4 members (excludes halogenated alkanes) is 4. The van der Waals surface area contributed by atoms with Gasteiger partial charge in [-0.2, -0.15) is 9.78 Å². The topological polar surface area (TPSA) is 71.1 Å². The normalized spacial score (nSPS) is 20.8. The van der Waals surface area contributed by atoms with Crippen molar-refractivity contribution in [2.24, 2.45) is 17.8 Å². The number of allylic oxidation sites excluding steroid dienone is 4. The third kappa shape index (κ3) is 15.8. The first-order valence-corrected chi connectivity index (χ1v) is 13.5. The van der Waals surface area contributed by atoms with Crippen LogP contribution in [0.5, 0.6) is 0 Å². The third-order valence-electron chi connectivity index (χ3n) is 5.79. The molecule has 0 radical (unpaired) electrons. The van der Waals surface area contributed by atoms with E-state index in [1.807, 2.05) is 41.5 Å². The van der Waals surface area contributed by atoms with Crippen molar-refractivity contribution in [3.63, 3.8) is 0 Å². The third-order valence-corrected chi connectivity index (χ3v) is 5.79. The molecule has 0 aromatic rings. The smallest absolute Gasteiger partial charge is 0.298 e. The summed E-state index contributed by atoms with van der Waals surface area (Å²) in [5.74, 6) is -0.148. The molecule has 1 aliphatic carbocycles. The van der Waals surface area contributed by atoms with Crippen molar-refractivity contribution >= 4 is 11.9 Å². The summed E-state index contributed by atoms with van der Waals surface area (Å²) >= 11 is 0. The first-order chi connectivity index (χ1) is 16.4. The Morgan fingerprint density at radius 2 is 1.46 bits per heavy atom. The quantitative estimate of drug-likeness (QED) is 0.1000. The van der Waals surface area contributed by atoms with Gasteiger partial charge in [-0.3, -0.25) is 9.78 Å². The summed E-state index contributed by atoms with van der Waals surface area (Å²) in [5, 5.41) is 0. The van der Waals surface area contributed by atoms with E-state index in [1.165, 1.54) is 0 Å². The van der Waals surface area contributed by atoms with E-state index in [0.717, 1.165) is 64.2 Å². The first-order valence-electron chi connectivity index (χ1n) is 13.5. The molecule has 0 aromatic carbocycles. The van der Waals surface area contributed by atoms with E-state index in [0.29, 0.717) is 12.3 Å². The summed E-state index contributed by atoms with van der Waals surface area (Å²) in [6, 6.07) is 0. The van der Waals surface area contributed by atoms with Gasteiger partial charge in [0.15, 0.2) is 0 Å². The number of hydrogen-bond acceptors (Lipinski definition) is 6. The lowest BCUT2D eigenvalue weighted by Gasteiger charge is -2.30. The Hall–Kier alpha value is -1.66. The van der Waals surface area contributed by atoms with Crippen molar-refractivity contribution in [3.05, 3.63) is 24.3 Å². The van der Waals surface area contributed by atoms with Gasteiger partial charge in [-0.1, -0.05) is 56.9 Å². The molecule has 6 nitrogen and oxygen atoms in total. The average Bonchev–Trinajstić information content (AvgIpc) is 2.77. The van der Waals surface area contributed by atoms with E-state index in [-0.39, 0.29) is 23.8 Å². The minimum absolute atomic E-state index is 0.163. The molecule has 1 rings (SSSR count). The van der Waals surface area contributed by atoms with Crippen LogP contribution in [0.25, 0.3) is 0 Å². The molecule has 0 heterocycles. The van der Waals surface area contributed by atoms with Gasteiger partial charge in [-0.25, -0.2) is 9.59 Å². The fraction of sp³-hybridized carbons (Fsp3) is 0.793. The van der Waals surface area contributed by atoms with Crippen LogP contribution in [-0.4, -0.2) is 23.1 Å². The van der Waals surface area contributed by atoms with Crippen molar-refractivity contribution in [1.29, 1.82) is 0 Å². The number of carbonyl (C=O) groups excluding carboxylic acids is 2. The molecule has 0 saturated heterocycles. The molecule has 3 atom stereocenters. The summed E-state index contributed by atoms with van der Waals surface area (Å²) in [5.41, 5.74) is -1.00. The molecule has 3 unspecified atom stereocenters. The predicted molar refractivity (Wildman–Crippen MR) is 139 cm³/mol. The minimum atomic E-state index is -0.519. The molecule has 202 valence electrons. The molecule has 1 aliphatic rings. The van der Waals surface area contributed by atoms with E-state index < -0.39 is 11.2 Å². The van der Waals surface area contributed by atoms with Crippen molar-refractivity contribution in [2.45, 2.75) is 130 Å². The Morgan fingerprint density at radius 3 is 2.11 bits per heavy atom. The minimum Gasteiger partial charge on any atom is -0.298 e. The molecular weight excluding hydrogens is 444 g/mol. The van der Waals surface area contributed by atoms with Gasteiger partial charge in [0, 0.05) is 6.42 Å². The van der Waals surface area contributed by atoms with E-state index in [9.17, 15) is 9.59 Å². The van der Waals surface area contributed by atoms with Crippen LogP contribution in [0.3, 0.4) is 0 Å². The highest BCUT2D eigenvalue weighted by molar-refractivity contribution is 5.72. The van der Waals surface area contributed by atoms with Crippen LogP contribution in [-0.2, 0) is 29.1 Å². The van der Waals surface area contributed by atoms with Crippen LogP contribution in [0.2, 0.25) is 0 Å². The Kier molecular flexibility index (Phi) is 14.5. The van der Waals surface area contributed by atoms with Crippen molar-refractivity contribution in [2.75, 3.05) is 0 Å². The Morgan fingerprint density at radius 1 is 0.829 bits per heavy atom. The van der Waals surface area contributed by atoms with E-state index in [4.69, 9.17) is 19.6 Å². The molecule has 6 heteroatoms. The fourth-order valence-corrected chi connectivity index (χ4v) is 4.02. The van der Waals surface area contributed by atoms with Gasteiger partial charge in [-0.15, -0.1) is 0 Å². The first kappa shape index (κ1) is 31.4. The predicted octanol–water partition coefficient (Wildman–Crippen LogP) is 7.82. The van der Waals surface area contributed by atoms with Gasteiger partial charge < -0.3 is 0 Å². The van der Waals surface area contributed by atoms with Crippen LogP contribution in [0.4, 0.5) is 0 Å². The Balaban J connectivity index is 2.40. The van der Waals surface area contributed by atoms with Crippen LogP contribution in [0.1, 0.15) is 119 Å². The zero-order valence-electron chi connectivity index (χ0n) is 23.3.